The van der Waals surface area contributed by atoms with Crippen molar-refractivity contribution in [2.45, 2.75) is 23.5 Å². The number of hydrogen-bond donors (Lipinski definition) is 0. The van der Waals surface area contributed by atoms with Crippen LogP contribution in [0.4, 0.5) is 0 Å². The average Bonchev–Trinajstić information content (AvgIpc) is 2.76. The van der Waals surface area contributed by atoms with Gasteiger partial charge < -0.3 is 0 Å². The van der Waals surface area contributed by atoms with E-state index in [0.29, 0.717) is 11.4 Å². The Morgan fingerprint density at radius 1 is 1.41 bits per heavy atom. The SMILES string of the molecule is C=CCN1C(=O)[C@@H](CC)SC1=NS(=O)(=O)c1ccc(Cl)cc1. The molecule has 0 unspecified atom stereocenters. The van der Waals surface area contributed by atoms with Gasteiger partial charge >= 0.3 is 0 Å². The van der Waals surface area contributed by atoms with Crippen LogP contribution in [-0.4, -0.2) is 36.2 Å². The Labute approximate surface area is 139 Å². The van der Waals surface area contributed by atoms with E-state index in [0.717, 1.165) is 11.8 Å². The molecule has 1 fully saturated rings. The number of rotatable bonds is 5. The highest BCUT2D eigenvalue weighted by Gasteiger charge is 2.37. The van der Waals surface area contributed by atoms with Gasteiger partial charge in [-0.25, -0.2) is 0 Å². The minimum atomic E-state index is -3.89. The molecule has 1 aromatic rings. The van der Waals surface area contributed by atoms with Crippen molar-refractivity contribution in [3.8, 4) is 0 Å². The first-order valence-electron chi connectivity index (χ1n) is 6.58. The zero-order chi connectivity index (χ0) is 16.3. The molecule has 0 bridgehead atoms. The van der Waals surface area contributed by atoms with Gasteiger partial charge in [0.05, 0.1) is 10.1 Å². The van der Waals surface area contributed by atoms with Crippen molar-refractivity contribution in [3.05, 3.63) is 41.9 Å². The molecule has 0 radical (unpaired) electrons. The number of amides is 1. The first-order chi connectivity index (χ1) is 10.4. The lowest BCUT2D eigenvalue weighted by molar-refractivity contribution is -0.125. The van der Waals surface area contributed by atoms with E-state index >= 15 is 0 Å². The molecule has 1 amide bonds. The van der Waals surface area contributed by atoms with Crippen molar-refractivity contribution in [3.63, 3.8) is 0 Å². The predicted octanol–water partition coefficient (Wildman–Crippen LogP) is 2.92. The zero-order valence-corrected chi connectivity index (χ0v) is 14.3. The first-order valence-corrected chi connectivity index (χ1v) is 9.28. The molecule has 5 nitrogen and oxygen atoms in total. The summed E-state index contributed by atoms with van der Waals surface area (Å²) in [5.41, 5.74) is 0. The summed E-state index contributed by atoms with van der Waals surface area (Å²) in [6.07, 6.45) is 2.15. The minimum Gasteiger partial charge on any atom is -0.286 e. The lowest BCUT2D eigenvalue weighted by Crippen LogP contribution is -2.32. The number of nitrogens with zero attached hydrogens (tertiary/aromatic N) is 2. The number of amidine groups is 1. The second-order valence-electron chi connectivity index (χ2n) is 4.56. The summed E-state index contributed by atoms with van der Waals surface area (Å²) < 4.78 is 28.5. The molecule has 0 aromatic heterocycles. The molecule has 0 saturated carbocycles. The van der Waals surface area contributed by atoms with Gasteiger partial charge in [0.1, 0.15) is 0 Å². The fraction of sp³-hybridized carbons (Fsp3) is 0.286. The maximum atomic E-state index is 12.3. The van der Waals surface area contributed by atoms with Gasteiger partial charge in [0, 0.05) is 11.6 Å². The smallest absolute Gasteiger partial charge is 0.284 e. The summed E-state index contributed by atoms with van der Waals surface area (Å²) in [7, 11) is -3.89. The third-order valence-electron chi connectivity index (χ3n) is 3.01. The van der Waals surface area contributed by atoms with Crippen molar-refractivity contribution in [2.75, 3.05) is 6.54 Å². The Morgan fingerprint density at radius 2 is 2.05 bits per heavy atom. The van der Waals surface area contributed by atoms with Crippen molar-refractivity contribution < 1.29 is 13.2 Å². The third-order valence-corrected chi connectivity index (χ3v) is 6.00. The summed E-state index contributed by atoms with van der Waals surface area (Å²) in [6, 6.07) is 5.74. The fourth-order valence-electron chi connectivity index (χ4n) is 1.90. The van der Waals surface area contributed by atoms with Crippen LogP contribution in [0, 0.1) is 0 Å². The molecular formula is C14H15ClN2O3S2. The third kappa shape index (κ3) is 3.53. The molecule has 118 valence electrons. The van der Waals surface area contributed by atoms with Gasteiger partial charge in [0.25, 0.3) is 10.0 Å². The molecule has 1 aliphatic rings. The van der Waals surface area contributed by atoms with Crippen LogP contribution in [-0.2, 0) is 14.8 Å². The normalized spacial score (nSPS) is 20.6. The highest BCUT2D eigenvalue weighted by atomic mass is 35.5. The standard InChI is InChI=1S/C14H15ClN2O3S2/c1-3-9-17-13(18)12(4-2)21-14(17)16-22(19,20)11-7-5-10(15)6-8-11/h3,5-8,12H,1,4,9H2,2H3/t12-/m1/s1. The number of benzene rings is 1. The molecule has 1 heterocycles. The molecular weight excluding hydrogens is 344 g/mol. The van der Waals surface area contributed by atoms with Gasteiger partial charge in [-0.1, -0.05) is 36.4 Å². The van der Waals surface area contributed by atoms with Crippen molar-refractivity contribution in [1.82, 2.24) is 4.90 Å². The van der Waals surface area contributed by atoms with Crippen LogP contribution in [0.1, 0.15) is 13.3 Å². The Morgan fingerprint density at radius 3 is 2.59 bits per heavy atom. The monoisotopic (exact) mass is 358 g/mol. The van der Waals surface area contributed by atoms with Crippen molar-refractivity contribution in [1.29, 1.82) is 0 Å². The molecule has 1 saturated heterocycles. The zero-order valence-electron chi connectivity index (χ0n) is 11.9. The van der Waals surface area contributed by atoms with Crippen LogP contribution in [0.2, 0.25) is 5.02 Å². The van der Waals surface area contributed by atoms with Gasteiger partial charge in [0.2, 0.25) is 5.91 Å². The number of carbonyl (C=O) groups is 1. The Balaban J connectivity index is 2.39. The van der Waals surface area contributed by atoms with E-state index in [4.69, 9.17) is 11.6 Å². The molecule has 0 N–H and O–H groups in total. The second kappa shape index (κ2) is 6.85. The Hall–Kier alpha value is -1.31. The summed E-state index contributed by atoms with van der Waals surface area (Å²) in [4.78, 5) is 13.6. The summed E-state index contributed by atoms with van der Waals surface area (Å²) in [6.45, 7) is 5.69. The largest absolute Gasteiger partial charge is 0.286 e. The van der Waals surface area contributed by atoms with Gasteiger partial charge in [-0.2, -0.15) is 8.42 Å². The first kappa shape index (κ1) is 17.1. The van der Waals surface area contributed by atoms with Crippen LogP contribution in [0.25, 0.3) is 0 Å². The van der Waals surface area contributed by atoms with E-state index in [9.17, 15) is 13.2 Å². The molecule has 2 rings (SSSR count). The van der Waals surface area contributed by atoms with E-state index in [-0.39, 0.29) is 27.8 Å². The van der Waals surface area contributed by atoms with Gasteiger partial charge in [0.15, 0.2) is 5.17 Å². The minimum absolute atomic E-state index is 0.0379. The molecule has 0 aliphatic carbocycles. The van der Waals surface area contributed by atoms with Gasteiger partial charge in [-0.05, 0) is 30.7 Å². The highest BCUT2D eigenvalue weighted by Crippen LogP contribution is 2.30. The van der Waals surface area contributed by atoms with E-state index < -0.39 is 10.0 Å². The highest BCUT2D eigenvalue weighted by molar-refractivity contribution is 8.16. The van der Waals surface area contributed by atoms with Crippen LogP contribution < -0.4 is 0 Å². The lowest BCUT2D eigenvalue weighted by atomic mass is 10.3. The fourth-order valence-corrected chi connectivity index (χ4v) is 4.32. The van der Waals surface area contributed by atoms with E-state index in [2.05, 4.69) is 11.0 Å². The molecule has 0 spiro atoms. The van der Waals surface area contributed by atoms with E-state index in [1.807, 2.05) is 6.92 Å². The number of sulfonamides is 1. The van der Waals surface area contributed by atoms with Crippen LogP contribution in [0.15, 0.2) is 46.2 Å². The van der Waals surface area contributed by atoms with Crippen molar-refractivity contribution in [2.24, 2.45) is 4.40 Å². The maximum Gasteiger partial charge on any atom is 0.284 e. The summed E-state index contributed by atoms with van der Waals surface area (Å²) >= 11 is 6.92. The number of carbonyl (C=O) groups excluding carboxylic acids is 1. The van der Waals surface area contributed by atoms with E-state index in [1.54, 1.807) is 6.08 Å². The molecule has 1 aliphatic heterocycles. The quantitative estimate of drug-likeness (QED) is 0.759. The van der Waals surface area contributed by atoms with Gasteiger partial charge in [-0.15, -0.1) is 11.0 Å². The maximum absolute atomic E-state index is 12.3. The Kier molecular flexibility index (Phi) is 5.31. The van der Waals surface area contributed by atoms with Gasteiger partial charge in [-0.3, -0.25) is 9.69 Å². The number of halogens is 1. The molecule has 22 heavy (non-hydrogen) atoms. The lowest BCUT2D eigenvalue weighted by Gasteiger charge is -2.13. The number of thioether (sulfide) groups is 1. The number of hydrogen-bond acceptors (Lipinski definition) is 4. The van der Waals surface area contributed by atoms with Crippen LogP contribution in [0.5, 0.6) is 0 Å². The van der Waals surface area contributed by atoms with Crippen molar-refractivity contribution >= 4 is 44.5 Å². The summed E-state index contributed by atoms with van der Waals surface area (Å²) in [5, 5.41) is 0.321. The summed E-state index contributed by atoms with van der Waals surface area (Å²) in [5.74, 6) is -0.141. The predicted molar refractivity (Wildman–Crippen MR) is 89.7 cm³/mol. The molecule has 1 atom stereocenters. The molecule has 1 aromatic carbocycles. The van der Waals surface area contributed by atoms with Crippen LogP contribution >= 0.6 is 23.4 Å². The topological polar surface area (TPSA) is 66.8 Å². The molecule has 8 heteroatoms. The second-order valence-corrected chi connectivity index (χ2v) is 7.77. The Bertz CT molecular complexity index is 714. The van der Waals surface area contributed by atoms with E-state index in [1.165, 1.54) is 29.2 Å². The average molecular weight is 359 g/mol. The van der Waals surface area contributed by atoms with Crippen LogP contribution in [0.3, 0.4) is 0 Å².